The van der Waals surface area contributed by atoms with Gasteiger partial charge in [0.25, 0.3) is 0 Å². The zero-order chi connectivity index (χ0) is 14.3. The average Bonchev–Trinajstić information content (AvgIpc) is 2.43. The molecule has 0 aliphatic heterocycles. The Hall–Kier alpha value is -0.580. The van der Waals surface area contributed by atoms with Crippen molar-refractivity contribution in [2.75, 3.05) is 13.6 Å². The van der Waals surface area contributed by atoms with Crippen molar-refractivity contribution < 1.29 is 4.79 Å². The van der Waals surface area contributed by atoms with Gasteiger partial charge in [-0.3, -0.25) is 4.79 Å². The van der Waals surface area contributed by atoms with Gasteiger partial charge in [0.1, 0.15) is 0 Å². The first-order valence-corrected chi connectivity index (χ1v) is 7.56. The number of hydrogen-bond donors (Lipinski definition) is 2. The van der Waals surface area contributed by atoms with Crippen LogP contribution in [0.2, 0.25) is 0 Å². The Morgan fingerprint density at radius 2 is 2.00 bits per heavy atom. The molecule has 0 spiro atoms. The van der Waals surface area contributed by atoms with Crippen LogP contribution in [0.25, 0.3) is 0 Å². The monoisotopic (exact) mass is 362 g/mol. The third-order valence-corrected chi connectivity index (χ3v) is 4.14. The highest BCUT2D eigenvalue weighted by Crippen LogP contribution is 2.21. The van der Waals surface area contributed by atoms with Gasteiger partial charge in [0, 0.05) is 23.0 Å². The Bertz CT molecular complexity index is 415. The highest BCUT2D eigenvalue weighted by atomic mass is 79.9. The van der Waals surface area contributed by atoms with Crippen LogP contribution < -0.4 is 10.6 Å². The molecule has 2 unspecified atom stereocenters. The second-order valence-electron chi connectivity index (χ2n) is 4.84. The predicted molar refractivity (Wildman–Crippen MR) is 90.4 cm³/mol. The molecule has 2 N–H and O–H groups in total. The minimum Gasteiger partial charge on any atom is -0.354 e. The van der Waals surface area contributed by atoms with Gasteiger partial charge >= 0.3 is 0 Å². The number of nitrogens with one attached hydrogen (secondary N) is 2. The SMILES string of the molecule is CCC(Cc1ccccc1Br)C(=O)NCC(C)NC.Cl. The minimum absolute atomic E-state index is 0. The second-order valence-corrected chi connectivity index (χ2v) is 5.69. The molecule has 0 heterocycles. The summed E-state index contributed by atoms with van der Waals surface area (Å²) in [5, 5.41) is 6.12. The summed E-state index contributed by atoms with van der Waals surface area (Å²) in [5.74, 6) is 0.170. The first kappa shape index (κ1) is 19.4. The molecule has 0 bridgehead atoms. The van der Waals surface area contributed by atoms with Gasteiger partial charge in [-0.2, -0.15) is 0 Å². The van der Waals surface area contributed by atoms with E-state index in [1.54, 1.807) is 0 Å². The van der Waals surface area contributed by atoms with Gasteiger partial charge in [-0.25, -0.2) is 0 Å². The molecule has 0 fully saturated rings. The van der Waals surface area contributed by atoms with E-state index in [2.05, 4.69) is 46.5 Å². The van der Waals surface area contributed by atoms with Crippen LogP contribution in [0.4, 0.5) is 0 Å². The van der Waals surface area contributed by atoms with E-state index in [4.69, 9.17) is 0 Å². The quantitative estimate of drug-likeness (QED) is 0.781. The van der Waals surface area contributed by atoms with Crippen molar-refractivity contribution in [1.82, 2.24) is 10.6 Å². The molecular formula is C15H24BrClN2O. The molecule has 2 atom stereocenters. The topological polar surface area (TPSA) is 41.1 Å². The second kappa shape index (κ2) is 10.2. The van der Waals surface area contributed by atoms with Crippen LogP contribution in [0, 0.1) is 5.92 Å². The predicted octanol–water partition coefficient (Wildman–Crippen LogP) is 3.16. The van der Waals surface area contributed by atoms with E-state index in [0.717, 1.165) is 17.3 Å². The van der Waals surface area contributed by atoms with Crippen LogP contribution in [-0.4, -0.2) is 25.5 Å². The number of carbonyl (C=O) groups excluding carboxylic acids is 1. The Kier molecular flexibility index (Phi) is 9.90. The first-order chi connectivity index (χ1) is 9.08. The average molecular weight is 364 g/mol. The molecule has 114 valence electrons. The highest BCUT2D eigenvalue weighted by molar-refractivity contribution is 9.10. The van der Waals surface area contributed by atoms with Crippen molar-refractivity contribution in [2.45, 2.75) is 32.7 Å². The van der Waals surface area contributed by atoms with Crippen LogP contribution in [0.15, 0.2) is 28.7 Å². The van der Waals surface area contributed by atoms with E-state index >= 15 is 0 Å². The summed E-state index contributed by atoms with van der Waals surface area (Å²) in [6, 6.07) is 8.38. The van der Waals surface area contributed by atoms with Gasteiger partial charge in [0.2, 0.25) is 5.91 Å². The number of amides is 1. The zero-order valence-electron chi connectivity index (χ0n) is 12.3. The third-order valence-electron chi connectivity index (χ3n) is 3.36. The lowest BCUT2D eigenvalue weighted by molar-refractivity contribution is -0.125. The summed E-state index contributed by atoms with van der Waals surface area (Å²) in [6.45, 7) is 4.78. The highest BCUT2D eigenvalue weighted by Gasteiger charge is 2.18. The normalized spacial score (nSPS) is 13.2. The van der Waals surface area contributed by atoms with Crippen LogP contribution in [0.5, 0.6) is 0 Å². The van der Waals surface area contributed by atoms with Crippen molar-refractivity contribution >= 4 is 34.2 Å². The number of halogens is 2. The number of carbonyl (C=O) groups is 1. The zero-order valence-corrected chi connectivity index (χ0v) is 14.7. The van der Waals surface area contributed by atoms with Gasteiger partial charge in [-0.15, -0.1) is 12.4 Å². The number of hydrogen-bond acceptors (Lipinski definition) is 2. The first-order valence-electron chi connectivity index (χ1n) is 6.76. The molecule has 0 saturated carbocycles. The fourth-order valence-electron chi connectivity index (χ4n) is 1.85. The lowest BCUT2D eigenvalue weighted by atomic mass is 9.96. The van der Waals surface area contributed by atoms with Crippen molar-refractivity contribution in [3.8, 4) is 0 Å². The summed E-state index contributed by atoms with van der Waals surface area (Å²) >= 11 is 3.53. The largest absolute Gasteiger partial charge is 0.354 e. The minimum atomic E-state index is 0. The maximum absolute atomic E-state index is 12.2. The van der Waals surface area contributed by atoms with E-state index in [1.807, 2.05) is 25.2 Å². The molecule has 5 heteroatoms. The Balaban J connectivity index is 0.00000361. The van der Waals surface area contributed by atoms with Crippen molar-refractivity contribution in [3.05, 3.63) is 34.3 Å². The van der Waals surface area contributed by atoms with Crippen molar-refractivity contribution in [2.24, 2.45) is 5.92 Å². The van der Waals surface area contributed by atoms with Gasteiger partial charge < -0.3 is 10.6 Å². The number of likely N-dealkylation sites (N-methyl/N-ethyl adjacent to an activating group) is 1. The maximum atomic E-state index is 12.2. The molecule has 0 aliphatic rings. The fourth-order valence-corrected chi connectivity index (χ4v) is 2.30. The molecule has 1 rings (SSSR count). The maximum Gasteiger partial charge on any atom is 0.223 e. The van der Waals surface area contributed by atoms with Crippen LogP contribution in [0.1, 0.15) is 25.8 Å². The van der Waals surface area contributed by atoms with Crippen LogP contribution in [0.3, 0.4) is 0 Å². The summed E-state index contributed by atoms with van der Waals surface area (Å²) in [4.78, 5) is 12.2. The molecule has 1 amide bonds. The number of benzene rings is 1. The summed E-state index contributed by atoms with van der Waals surface area (Å²) in [7, 11) is 1.90. The van der Waals surface area contributed by atoms with Crippen LogP contribution in [-0.2, 0) is 11.2 Å². The fraction of sp³-hybridized carbons (Fsp3) is 0.533. The van der Waals surface area contributed by atoms with Gasteiger partial charge in [-0.1, -0.05) is 41.1 Å². The van der Waals surface area contributed by atoms with E-state index in [9.17, 15) is 4.79 Å². The van der Waals surface area contributed by atoms with Crippen molar-refractivity contribution in [3.63, 3.8) is 0 Å². The summed E-state index contributed by atoms with van der Waals surface area (Å²) < 4.78 is 1.07. The molecule has 0 saturated heterocycles. The van der Waals surface area contributed by atoms with Gasteiger partial charge in [0.05, 0.1) is 0 Å². The van der Waals surface area contributed by atoms with E-state index in [1.165, 1.54) is 5.56 Å². The van der Waals surface area contributed by atoms with E-state index < -0.39 is 0 Å². The Morgan fingerprint density at radius 3 is 2.55 bits per heavy atom. The third kappa shape index (κ3) is 6.25. The lowest BCUT2D eigenvalue weighted by Gasteiger charge is -2.18. The summed E-state index contributed by atoms with van der Waals surface area (Å²) in [6.07, 6.45) is 1.62. The molecule has 0 radical (unpaired) electrons. The van der Waals surface area contributed by atoms with Crippen LogP contribution >= 0.6 is 28.3 Å². The molecule has 0 aromatic heterocycles. The Labute approximate surface area is 136 Å². The summed E-state index contributed by atoms with van der Waals surface area (Å²) in [5.41, 5.74) is 1.19. The number of rotatable bonds is 7. The van der Waals surface area contributed by atoms with Crippen molar-refractivity contribution in [1.29, 1.82) is 0 Å². The lowest BCUT2D eigenvalue weighted by Crippen LogP contribution is -2.40. The standard InChI is InChI=1S/C15H23BrN2O.ClH/c1-4-12(15(19)18-10-11(2)17-3)9-13-7-5-6-8-14(13)16;/h5-8,11-12,17H,4,9-10H2,1-3H3,(H,18,19);1H. The van der Waals surface area contributed by atoms with E-state index in [0.29, 0.717) is 12.6 Å². The smallest absolute Gasteiger partial charge is 0.223 e. The molecule has 0 aliphatic carbocycles. The molecule has 1 aromatic rings. The molecule has 20 heavy (non-hydrogen) atoms. The molecule has 1 aromatic carbocycles. The molecule has 3 nitrogen and oxygen atoms in total. The van der Waals surface area contributed by atoms with Gasteiger partial charge in [-0.05, 0) is 38.4 Å². The molecular weight excluding hydrogens is 340 g/mol. The van der Waals surface area contributed by atoms with Gasteiger partial charge in [0.15, 0.2) is 0 Å². The van der Waals surface area contributed by atoms with E-state index in [-0.39, 0.29) is 24.2 Å². The Morgan fingerprint density at radius 1 is 1.35 bits per heavy atom.